The molecule has 0 unspecified atom stereocenters. The van der Waals surface area contributed by atoms with Crippen LogP contribution in [0.25, 0.3) is 10.1 Å². The number of anilines is 1. The van der Waals surface area contributed by atoms with Gasteiger partial charge in [-0.2, -0.15) is 0 Å². The third kappa shape index (κ3) is 3.75. The van der Waals surface area contributed by atoms with E-state index in [1.165, 1.54) is 22.7 Å². The predicted molar refractivity (Wildman–Crippen MR) is 110 cm³/mol. The summed E-state index contributed by atoms with van der Waals surface area (Å²) >= 11 is 2.48. The highest BCUT2D eigenvalue weighted by atomic mass is 32.2. The van der Waals surface area contributed by atoms with Crippen molar-refractivity contribution in [1.29, 1.82) is 0 Å². The molecule has 0 aliphatic carbocycles. The molecule has 0 saturated carbocycles. The Kier molecular flexibility index (Phi) is 4.77. The van der Waals surface area contributed by atoms with Gasteiger partial charge in [-0.15, -0.1) is 22.7 Å². The van der Waals surface area contributed by atoms with Crippen molar-refractivity contribution in [2.24, 2.45) is 0 Å². The molecule has 0 amide bonds. The molecule has 1 aliphatic rings. The second-order valence-electron chi connectivity index (χ2n) is 6.62. The summed E-state index contributed by atoms with van der Waals surface area (Å²) in [5.41, 5.74) is 1.50. The zero-order valence-electron chi connectivity index (χ0n) is 14.5. The summed E-state index contributed by atoms with van der Waals surface area (Å²) in [7, 11) is -6.66. The maximum absolute atomic E-state index is 12.8. The van der Waals surface area contributed by atoms with E-state index in [0.717, 1.165) is 21.3 Å². The van der Waals surface area contributed by atoms with Crippen LogP contribution in [0, 0.1) is 6.92 Å². The minimum Gasteiger partial charge on any atom is -0.254 e. The van der Waals surface area contributed by atoms with Gasteiger partial charge in [-0.05, 0) is 36.8 Å². The van der Waals surface area contributed by atoms with Crippen molar-refractivity contribution in [3.05, 3.63) is 40.9 Å². The maximum Gasteiger partial charge on any atom is 0.273 e. The number of hydrogen-bond donors (Lipinski definition) is 1. The largest absolute Gasteiger partial charge is 0.273 e. The molecule has 1 fully saturated rings. The van der Waals surface area contributed by atoms with E-state index in [9.17, 15) is 16.8 Å². The first-order chi connectivity index (χ1) is 12.8. The molecule has 2 aromatic heterocycles. The average molecular weight is 443 g/mol. The Hall–Kier alpha value is -1.49. The van der Waals surface area contributed by atoms with Gasteiger partial charge in [0.05, 0.1) is 17.2 Å². The molecule has 1 aliphatic heterocycles. The summed E-state index contributed by atoms with van der Waals surface area (Å²) < 4.78 is 52.7. The Balaban J connectivity index is 1.57. The Morgan fingerprint density at radius 3 is 2.59 bits per heavy atom. The molecule has 27 heavy (non-hydrogen) atoms. The quantitative estimate of drug-likeness (QED) is 0.664. The van der Waals surface area contributed by atoms with Crippen LogP contribution >= 0.6 is 22.7 Å². The lowest BCUT2D eigenvalue weighted by Crippen LogP contribution is -2.22. The van der Waals surface area contributed by atoms with Crippen LogP contribution in [-0.2, 0) is 19.9 Å². The van der Waals surface area contributed by atoms with Crippen molar-refractivity contribution in [2.75, 3.05) is 16.2 Å². The summed E-state index contributed by atoms with van der Waals surface area (Å²) in [6.07, 6.45) is 1.07. The van der Waals surface area contributed by atoms with Gasteiger partial charge >= 0.3 is 0 Å². The molecule has 1 aromatic carbocycles. The molecular formula is C17H18N2O4S4. The second-order valence-corrected chi connectivity index (χ2v) is 12.7. The summed E-state index contributed by atoms with van der Waals surface area (Å²) in [5, 5.41) is 3.07. The maximum atomic E-state index is 12.8. The summed E-state index contributed by atoms with van der Waals surface area (Å²) in [6.45, 7) is 1.81. The van der Waals surface area contributed by atoms with Crippen molar-refractivity contribution in [3.8, 4) is 0 Å². The van der Waals surface area contributed by atoms with Gasteiger partial charge < -0.3 is 0 Å². The van der Waals surface area contributed by atoms with Gasteiger partial charge in [-0.25, -0.2) is 21.8 Å². The molecule has 4 rings (SSSR count). The molecule has 1 N–H and O–H groups in total. The van der Waals surface area contributed by atoms with Crippen molar-refractivity contribution in [2.45, 2.75) is 29.9 Å². The van der Waals surface area contributed by atoms with E-state index in [4.69, 9.17) is 0 Å². The Morgan fingerprint density at radius 1 is 1.19 bits per heavy atom. The van der Waals surface area contributed by atoms with Crippen LogP contribution in [0.4, 0.5) is 5.13 Å². The van der Waals surface area contributed by atoms with Gasteiger partial charge in [0.25, 0.3) is 10.0 Å². The lowest BCUT2D eigenvalue weighted by molar-refractivity contribution is 0.546. The predicted octanol–water partition coefficient (Wildman–Crippen LogP) is 3.76. The minimum absolute atomic E-state index is 0.0640. The number of aryl methyl sites for hydroxylation is 1. The lowest BCUT2D eigenvalue weighted by Gasteiger charge is -2.19. The van der Waals surface area contributed by atoms with Crippen LogP contribution in [-0.4, -0.2) is 33.3 Å². The molecule has 10 heteroatoms. The molecule has 0 radical (unpaired) electrons. The summed E-state index contributed by atoms with van der Waals surface area (Å²) in [4.78, 5) is 4.41. The number of aromatic nitrogens is 1. The molecule has 0 atom stereocenters. The van der Waals surface area contributed by atoms with Crippen LogP contribution in [0.2, 0.25) is 0 Å². The number of hydrogen-bond acceptors (Lipinski definition) is 7. The summed E-state index contributed by atoms with van der Waals surface area (Å²) in [5.74, 6) is 0.392. The van der Waals surface area contributed by atoms with E-state index in [1.807, 2.05) is 36.6 Å². The number of thiophene rings is 1. The fourth-order valence-electron chi connectivity index (χ4n) is 3.28. The number of fused-ring (bicyclic) bond motifs is 1. The third-order valence-electron chi connectivity index (χ3n) is 4.76. The van der Waals surface area contributed by atoms with Gasteiger partial charge in [-0.1, -0.05) is 18.2 Å². The highest BCUT2D eigenvalue weighted by molar-refractivity contribution is 7.95. The fraction of sp³-hybridized carbons (Fsp3) is 0.353. The average Bonchev–Trinajstić information content (AvgIpc) is 3.20. The highest BCUT2D eigenvalue weighted by Gasteiger charge is 2.27. The number of sulfonamides is 1. The molecule has 3 aromatic rings. The standard InChI is InChI=1S/C17H18N2O4S4/c1-11-13-4-2-3-5-15(13)25-16(11)27(22,23)19-17-18-14(10-24-17)12-6-8-26(20,21)9-7-12/h2-5,10,12H,6-9H2,1H3,(H,18,19). The number of thiazole rings is 1. The molecular weight excluding hydrogens is 424 g/mol. The molecule has 144 valence electrons. The number of nitrogens with zero attached hydrogens (tertiary/aromatic N) is 1. The van der Waals surface area contributed by atoms with E-state index in [0.29, 0.717) is 22.2 Å². The lowest BCUT2D eigenvalue weighted by atomic mass is 10.0. The van der Waals surface area contributed by atoms with E-state index < -0.39 is 19.9 Å². The SMILES string of the molecule is Cc1c(S(=O)(=O)Nc2nc(C3CCS(=O)(=O)CC3)cs2)sc2ccccc12. The van der Waals surface area contributed by atoms with E-state index in [-0.39, 0.29) is 17.4 Å². The topological polar surface area (TPSA) is 93.2 Å². The van der Waals surface area contributed by atoms with E-state index in [1.54, 1.807) is 0 Å². The van der Waals surface area contributed by atoms with Gasteiger partial charge in [0.1, 0.15) is 14.0 Å². The number of nitrogens with one attached hydrogen (secondary N) is 1. The molecule has 0 spiro atoms. The van der Waals surface area contributed by atoms with E-state index >= 15 is 0 Å². The molecule has 1 saturated heterocycles. The van der Waals surface area contributed by atoms with E-state index in [2.05, 4.69) is 9.71 Å². The first kappa shape index (κ1) is 18.9. The van der Waals surface area contributed by atoms with Gasteiger partial charge in [0.15, 0.2) is 5.13 Å². The smallest absolute Gasteiger partial charge is 0.254 e. The molecule has 6 nitrogen and oxygen atoms in total. The number of benzene rings is 1. The van der Waals surface area contributed by atoms with Crippen molar-refractivity contribution >= 4 is 57.8 Å². The first-order valence-corrected chi connectivity index (χ1v) is 13.4. The van der Waals surface area contributed by atoms with Crippen molar-refractivity contribution in [1.82, 2.24) is 4.98 Å². The van der Waals surface area contributed by atoms with Crippen LogP contribution < -0.4 is 4.72 Å². The van der Waals surface area contributed by atoms with Crippen molar-refractivity contribution in [3.63, 3.8) is 0 Å². The first-order valence-electron chi connectivity index (χ1n) is 8.42. The van der Waals surface area contributed by atoms with Crippen LogP contribution in [0.1, 0.15) is 30.0 Å². The Bertz CT molecular complexity index is 1190. The molecule has 3 heterocycles. The van der Waals surface area contributed by atoms with Crippen molar-refractivity contribution < 1.29 is 16.8 Å². The number of sulfone groups is 1. The summed E-state index contributed by atoms with van der Waals surface area (Å²) in [6, 6.07) is 7.60. The zero-order chi connectivity index (χ0) is 19.2. The van der Waals surface area contributed by atoms with Gasteiger partial charge in [0.2, 0.25) is 0 Å². The fourth-order valence-corrected chi connectivity index (χ4v) is 8.58. The monoisotopic (exact) mass is 442 g/mol. The van der Waals surface area contributed by atoms with Crippen LogP contribution in [0.15, 0.2) is 33.9 Å². The third-order valence-corrected chi connectivity index (χ3v) is 10.6. The number of rotatable bonds is 4. The minimum atomic E-state index is -3.72. The van der Waals surface area contributed by atoms with Gasteiger partial charge in [0, 0.05) is 16.0 Å². The normalized spacial score (nSPS) is 18.0. The highest BCUT2D eigenvalue weighted by Crippen LogP contribution is 2.36. The zero-order valence-corrected chi connectivity index (χ0v) is 17.8. The van der Waals surface area contributed by atoms with Gasteiger partial charge in [-0.3, -0.25) is 4.72 Å². The Morgan fingerprint density at radius 2 is 1.89 bits per heavy atom. The molecule has 0 bridgehead atoms. The van der Waals surface area contributed by atoms with Crippen LogP contribution in [0.5, 0.6) is 0 Å². The van der Waals surface area contributed by atoms with Crippen LogP contribution in [0.3, 0.4) is 0 Å². The Labute approximate surface area is 166 Å². The second kappa shape index (κ2) is 6.84.